The third-order valence-corrected chi connectivity index (χ3v) is 6.69. The molecule has 1 saturated carbocycles. The van der Waals surface area contributed by atoms with Crippen LogP contribution in [-0.4, -0.2) is 44.4 Å². The Morgan fingerprint density at radius 3 is 2.79 bits per heavy atom. The molecule has 3 atom stereocenters. The summed E-state index contributed by atoms with van der Waals surface area (Å²) in [5.41, 5.74) is 3.32. The zero-order chi connectivity index (χ0) is 20.0. The first-order valence-corrected chi connectivity index (χ1v) is 10.8. The van der Waals surface area contributed by atoms with E-state index in [0.717, 1.165) is 47.0 Å². The maximum atomic E-state index is 13.5. The van der Waals surface area contributed by atoms with Crippen LogP contribution in [0.4, 0.5) is 5.82 Å². The smallest absolute Gasteiger partial charge is 0.273 e. The van der Waals surface area contributed by atoms with Crippen molar-refractivity contribution in [2.75, 3.05) is 11.9 Å². The fourth-order valence-electron chi connectivity index (χ4n) is 4.54. The molecule has 6 nitrogen and oxygen atoms in total. The molecular formula is C22H23N5OS. The topological polar surface area (TPSA) is 71.0 Å². The molecule has 148 valence electrons. The number of hydrogen-bond donors (Lipinski definition) is 1. The lowest BCUT2D eigenvalue weighted by molar-refractivity contribution is 0.0686. The quantitative estimate of drug-likeness (QED) is 0.712. The third kappa shape index (κ3) is 3.40. The molecule has 1 saturated heterocycles. The van der Waals surface area contributed by atoms with Gasteiger partial charge in [0.05, 0.1) is 6.04 Å². The summed E-state index contributed by atoms with van der Waals surface area (Å²) in [6.07, 6.45) is 5.74. The van der Waals surface area contributed by atoms with E-state index in [0.29, 0.717) is 11.6 Å². The van der Waals surface area contributed by atoms with Crippen LogP contribution in [0.5, 0.6) is 0 Å². The van der Waals surface area contributed by atoms with E-state index in [9.17, 15) is 4.79 Å². The van der Waals surface area contributed by atoms with Gasteiger partial charge in [0.15, 0.2) is 0 Å². The lowest BCUT2D eigenvalue weighted by atomic mass is 10.0. The zero-order valence-corrected chi connectivity index (χ0v) is 17.3. The number of nitrogens with one attached hydrogen (secondary N) is 1. The SMILES string of the molecule is Cc1ccc(NC2CC3CC2N(C(=O)c2nc(C)ccc2-c2nccs2)C3)nc1. The van der Waals surface area contributed by atoms with Crippen LogP contribution in [-0.2, 0) is 0 Å². The standard InChI is InChI=1S/C22H23N5OS/c1-13-3-6-19(24-11-13)26-17-9-15-10-18(17)27(12-15)22(28)20-16(5-4-14(2)25-20)21-23-7-8-29-21/h3-8,11,15,17-18H,9-10,12H2,1-2H3,(H,24,26). The molecule has 3 aromatic heterocycles. The molecule has 29 heavy (non-hydrogen) atoms. The number of hydrogen-bond acceptors (Lipinski definition) is 6. The van der Waals surface area contributed by atoms with Crippen molar-refractivity contribution in [3.63, 3.8) is 0 Å². The summed E-state index contributed by atoms with van der Waals surface area (Å²) < 4.78 is 0. The molecule has 0 aromatic carbocycles. The van der Waals surface area contributed by atoms with Crippen LogP contribution in [0, 0.1) is 19.8 Å². The van der Waals surface area contributed by atoms with Crippen molar-refractivity contribution in [1.82, 2.24) is 19.9 Å². The van der Waals surface area contributed by atoms with Gasteiger partial charge in [-0.15, -0.1) is 11.3 Å². The summed E-state index contributed by atoms with van der Waals surface area (Å²) in [4.78, 5) is 29.1. The Hall–Kier alpha value is -2.80. The van der Waals surface area contributed by atoms with E-state index in [1.807, 2.05) is 48.5 Å². The van der Waals surface area contributed by atoms with Crippen molar-refractivity contribution in [2.24, 2.45) is 5.92 Å². The summed E-state index contributed by atoms with van der Waals surface area (Å²) in [5.74, 6) is 1.41. The molecule has 7 heteroatoms. The number of carbonyl (C=O) groups is 1. The Balaban J connectivity index is 1.41. The summed E-state index contributed by atoms with van der Waals surface area (Å²) in [7, 11) is 0. The van der Waals surface area contributed by atoms with Crippen molar-refractivity contribution in [3.8, 4) is 10.6 Å². The van der Waals surface area contributed by atoms with Crippen LogP contribution in [0.25, 0.3) is 10.6 Å². The first kappa shape index (κ1) is 18.2. The molecular weight excluding hydrogens is 382 g/mol. The van der Waals surface area contributed by atoms with Gasteiger partial charge in [0.25, 0.3) is 5.91 Å². The van der Waals surface area contributed by atoms with Crippen LogP contribution >= 0.6 is 11.3 Å². The van der Waals surface area contributed by atoms with Crippen LogP contribution in [0.1, 0.15) is 34.6 Å². The minimum atomic E-state index is 0.00904. The van der Waals surface area contributed by atoms with E-state index < -0.39 is 0 Å². The van der Waals surface area contributed by atoms with E-state index in [1.54, 1.807) is 6.20 Å². The fourth-order valence-corrected chi connectivity index (χ4v) is 5.21. The average Bonchev–Trinajstić information content (AvgIpc) is 3.46. The van der Waals surface area contributed by atoms with E-state index >= 15 is 0 Å². The van der Waals surface area contributed by atoms with E-state index in [-0.39, 0.29) is 18.0 Å². The highest BCUT2D eigenvalue weighted by atomic mass is 32.1. The molecule has 1 amide bonds. The molecule has 0 radical (unpaired) electrons. The second kappa shape index (κ2) is 7.22. The van der Waals surface area contributed by atoms with Gasteiger partial charge in [-0.2, -0.15) is 0 Å². The van der Waals surface area contributed by atoms with Crippen LogP contribution in [0.2, 0.25) is 0 Å². The Morgan fingerprint density at radius 2 is 2.07 bits per heavy atom. The number of amides is 1. The van der Waals surface area contributed by atoms with Crippen molar-refractivity contribution in [2.45, 2.75) is 38.8 Å². The van der Waals surface area contributed by atoms with Crippen LogP contribution < -0.4 is 5.32 Å². The van der Waals surface area contributed by atoms with Gasteiger partial charge in [-0.3, -0.25) is 4.79 Å². The number of aryl methyl sites for hydroxylation is 2. The van der Waals surface area contributed by atoms with Gasteiger partial charge in [-0.05, 0) is 56.4 Å². The second-order valence-corrected chi connectivity index (χ2v) is 8.91. The van der Waals surface area contributed by atoms with E-state index in [2.05, 4.69) is 26.3 Å². The fraction of sp³-hybridized carbons (Fsp3) is 0.364. The van der Waals surface area contributed by atoms with Crippen molar-refractivity contribution in [3.05, 3.63) is 59.0 Å². The molecule has 1 N–H and O–H groups in total. The van der Waals surface area contributed by atoms with E-state index in [4.69, 9.17) is 0 Å². The minimum absolute atomic E-state index is 0.00904. The number of rotatable bonds is 4. The number of carbonyl (C=O) groups excluding carboxylic acids is 1. The zero-order valence-electron chi connectivity index (χ0n) is 16.5. The van der Waals surface area contributed by atoms with E-state index in [1.165, 1.54) is 11.3 Å². The second-order valence-electron chi connectivity index (χ2n) is 8.02. The van der Waals surface area contributed by atoms with Crippen LogP contribution in [0.3, 0.4) is 0 Å². The highest BCUT2D eigenvalue weighted by Crippen LogP contribution is 2.40. The summed E-state index contributed by atoms with van der Waals surface area (Å²) in [6.45, 7) is 4.76. The number of pyridine rings is 2. The van der Waals surface area contributed by atoms with Gasteiger partial charge in [0.1, 0.15) is 16.5 Å². The summed E-state index contributed by atoms with van der Waals surface area (Å²) >= 11 is 1.53. The lowest BCUT2D eigenvalue weighted by Gasteiger charge is -2.34. The van der Waals surface area contributed by atoms with Crippen molar-refractivity contribution < 1.29 is 4.79 Å². The molecule has 2 bridgehead atoms. The molecule has 1 aliphatic carbocycles. The number of piperidine rings is 1. The Labute approximate surface area is 174 Å². The molecule has 4 heterocycles. The number of nitrogens with zero attached hydrogens (tertiary/aromatic N) is 4. The number of aromatic nitrogens is 3. The lowest BCUT2D eigenvalue weighted by Crippen LogP contribution is -2.48. The first-order valence-electron chi connectivity index (χ1n) is 9.96. The Kier molecular flexibility index (Phi) is 4.54. The summed E-state index contributed by atoms with van der Waals surface area (Å²) in [6, 6.07) is 8.37. The van der Waals surface area contributed by atoms with Gasteiger partial charge in [-0.1, -0.05) is 6.07 Å². The highest BCUT2D eigenvalue weighted by Gasteiger charge is 2.47. The highest BCUT2D eigenvalue weighted by molar-refractivity contribution is 7.13. The maximum Gasteiger partial charge on any atom is 0.273 e. The number of fused-ring (bicyclic) bond motifs is 2. The predicted molar refractivity (Wildman–Crippen MR) is 114 cm³/mol. The number of thiazole rings is 1. The average molecular weight is 406 g/mol. The van der Waals surface area contributed by atoms with Gasteiger partial charge in [0, 0.05) is 41.6 Å². The van der Waals surface area contributed by atoms with Gasteiger partial charge >= 0.3 is 0 Å². The molecule has 2 fully saturated rings. The van der Waals surface area contributed by atoms with Gasteiger partial charge in [-0.25, -0.2) is 15.0 Å². The summed E-state index contributed by atoms with van der Waals surface area (Å²) in [5, 5.41) is 6.32. The molecule has 1 aliphatic heterocycles. The molecule has 2 aliphatic rings. The minimum Gasteiger partial charge on any atom is -0.365 e. The monoisotopic (exact) mass is 405 g/mol. The number of anilines is 1. The van der Waals surface area contributed by atoms with Crippen molar-refractivity contribution in [1.29, 1.82) is 0 Å². The van der Waals surface area contributed by atoms with Gasteiger partial charge < -0.3 is 10.2 Å². The molecule has 5 rings (SSSR count). The molecule has 3 unspecified atom stereocenters. The van der Waals surface area contributed by atoms with Crippen LogP contribution in [0.15, 0.2) is 42.0 Å². The van der Waals surface area contributed by atoms with Gasteiger partial charge in [0.2, 0.25) is 0 Å². The first-order chi connectivity index (χ1) is 14.1. The maximum absolute atomic E-state index is 13.5. The largest absolute Gasteiger partial charge is 0.365 e. The third-order valence-electron chi connectivity index (χ3n) is 5.89. The molecule has 0 spiro atoms. The van der Waals surface area contributed by atoms with Crippen molar-refractivity contribution >= 4 is 23.1 Å². The Morgan fingerprint density at radius 1 is 1.17 bits per heavy atom. The predicted octanol–water partition coefficient (Wildman–Crippen LogP) is 3.93. The molecule has 3 aromatic rings. The Bertz CT molecular complexity index is 1030. The normalized spacial score (nSPS) is 22.8. The number of likely N-dealkylation sites (tertiary alicyclic amines) is 1.